The monoisotopic (exact) mass is 402 g/mol. The van der Waals surface area contributed by atoms with Crippen molar-refractivity contribution in [3.63, 3.8) is 0 Å². The minimum atomic E-state index is -0.405. The molecule has 0 aromatic heterocycles. The van der Waals surface area contributed by atoms with Crippen LogP contribution in [0.4, 0.5) is 0 Å². The van der Waals surface area contributed by atoms with Gasteiger partial charge in [0.1, 0.15) is 5.78 Å². The number of hydrogen-bond acceptors (Lipinski definition) is 3. The fourth-order valence-corrected chi connectivity index (χ4v) is 8.55. The smallest absolute Gasteiger partial charge is 0.129 e. The highest BCUT2D eigenvalue weighted by Gasteiger charge is 2.60. The zero-order valence-electron chi connectivity index (χ0n) is 19.0. The molecule has 0 amide bonds. The van der Waals surface area contributed by atoms with Gasteiger partial charge in [-0.1, -0.05) is 38.8 Å². The quantitative estimate of drug-likeness (QED) is 0.614. The molecule has 0 saturated heterocycles. The van der Waals surface area contributed by atoms with Gasteiger partial charge in [0.15, 0.2) is 0 Å². The SMILES string of the molecule is CC(=O)CCC[C@@H](C)[C@H]1CC[C@H]2[C@@H]3CC=C4C[C@@H](O)C[C@H](O)[C@]4(C)[C@H]3CC[C@]12C. The molecular weight excluding hydrogens is 360 g/mol. The van der Waals surface area contributed by atoms with Crippen LogP contribution >= 0.6 is 0 Å². The van der Waals surface area contributed by atoms with Crippen LogP contribution in [-0.4, -0.2) is 28.2 Å². The highest BCUT2D eigenvalue weighted by molar-refractivity contribution is 5.75. The second-order valence-electron chi connectivity index (χ2n) is 11.5. The molecule has 0 aromatic rings. The Morgan fingerprint density at radius 2 is 1.97 bits per heavy atom. The first-order valence-corrected chi connectivity index (χ1v) is 12.2. The molecule has 4 aliphatic rings. The summed E-state index contributed by atoms with van der Waals surface area (Å²) in [6, 6.07) is 0. The third kappa shape index (κ3) is 3.45. The van der Waals surface area contributed by atoms with Gasteiger partial charge in [0, 0.05) is 18.3 Å². The van der Waals surface area contributed by atoms with Crippen LogP contribution in [0.3, 0.4) is 0 Å². The average molecular weight is 403 g/mol. The van der Waals surface area contributed by atoms with Crippen molar-refractivity contribution in [2.75, 3.05) is 0 Å². The molecule has 164 valence electrons. The summed E-state index contributed by atoms with van der Waals surface area (Å²) >= 11 is 0. The van der Waals surface area contributed by atoms with Gasteiger partial charge in [-0.3, -0.25) is 0 Å². The lowest BCUT2D eigenvalue weighted by atomic mass is 9.46. The zero-order valence-corrected chi connectivity index (χ0v) is 19.0. The Bertz CT molecular complexity index is 669. The van der Waals surface area contributed by atoms with Crippen molar-refractivity contribution < 1.29 is 15.0 Å². The van der Waals surface area contributed by atoms with Gasteiger partial charge in [-0.25, -0.2) is 0 Å². The predicted octanol–water partition coefficient (Wildman–Crippen LogP) is 5.29. The molecule has 0 radical (unpaired) electrons. The number of aliphatic hydroxyl groups excluding tert-OH is 2. The molecule has 0 aromatic carbocycles. The number of allylic oxidation sites excluding steroid dienone is 1. The molecule has 0 spiro atoms. The minimum absolute atomic E-state index is 0.130. The van der Waals surface area contributed by atoms with Crippen molar-refractivity contribution in [3.05, 3.63) is 11.6 Å². The molecule has 3 heteroatoms. The van der Waals surface area contributed by atoms with Crippen molar-refractivity contribution in [2.45, 2.75) is 104 Å². The van der Waals surface area contributed by atoms with Gasteiger partial charge in [0.25, 0.3) is 0 Å². The minimum Gasteiger partial charge on any atom is -0.393 e. The van der Waals surface area contributed by atoms with E-state index in [1.807, 2.05) is 0 Å². The Hall–Kier alpha value is -0.670. The van der Waals surface area contributed by atoms with E-state index in [1.54, 1.807) is 6.92 Å². The van der Waals surface area contributed by atoms with E-state index in [0.29, 0.717) is 35.4 Å². The van der Waals surface area contributed by atoms with Gasteiger partial charge in [0.2, 0.25) is 0 Å². The maximum absolute atomic E-state index is 11.3. The molecule has 3 saturated carbocycles. The largest absolute Gasteiger partial charge is 0.393 e. The maximum Gasteiger partial charge on any atom is 0.129 e. The highest BCUT2D eigenvalue weighted by atomic mass is 16.3. The first-order valence-electron chi connectivity index (χ1n) is 12.2. The second-order valence-corrected chi connectivity index (χ2v) is 11.5. The number of ketones is 1. The van der Waals surface area contributed by atoms with E-state index in [1.165, 1.54) is 37.7 Å². The third-order valence-electron chi connectivity index (χ3n) is 10.1. The molecule has 3 nitrogen and oxygen atoms in total. The Morgan fingerprint density at radius 1 is 1.21 bits per heavy atom. The number of hydrogen-bond donors (Lipinski definition) is 2. The fraction of sp³-hybridized carbons (Fsp3) is 0.885. The molecular formula is C26H42O3. The summed E-state index contributed by atoms with van der Waals surface area (Å²) in [5, 5.41) is 21.2. The average Bonchev–Trinajstić information content (AvgIpc) is 3.00. The summed E-state index contributed by atoms with van der Waals surface area (Å²) in [7, 11) is 0. The Kier molecular flexibility index (Phi) is 5.79. The maximum atomic E-state index is 11.3. The summed E-state index contributed by atoms with van der Waals surface area (Å²) in [5.74, 6) is 3.80. The number of rotatable bonds is 5. The number of fused-ring (bicyclic) bond motifs is 5. The first-order chi connectivity index (χ1) is 13.7. The fourth-order valence-electron chi connectivity index (χ4n) is 8.55. The van der Waals surface area contributed by atoms with Crippen LogP contribution in [0.1, 0.15) is 91.9 Å². The van der Waals surface area contributed by atoms with Gasteiger partial charge >= 0.3 is 0 Å². The van der Waals surface area contributed by atoms with Gasteiger partial charge in [-0.15, -0.1) is 0 Å². The van der Waals surface area contributed by atoms with E-state index in [2.05, 4.69) is 26.8 Å². The molecule has 4 rings (SSSR count). The third-order valence-corrected chi connectivity index (χ3v) is 10.1. The zero-order chi connectivity index (χ0) is 21.0. The standard InChI is InChI=1S/C26H42O3/c1-16(6-5-7-17(2)27)21-10-11-22-20-9-8-18-14-19(28)15-24(29)26(18,4)23(20)12-13-25(21,22)3/h8,16,19-24,28-29H,5-7,9-15H2,1-4H3/t16-,19-,20+,21-,22+,23+,24+,25-,26+/m1/s1. The van der Waals surface area contributed by atoms with Gasteiger partial charge in [-0.05, 0) is 86.9 Å². The summed E-state index contributed by atoms with van der Waals surface area (Å²) in [4.78, 5) is 11.3. The van der Waals surface area contributed by atoms with E-state index in [-0.39, 0.29) is 11.5 Å². The van der Waals surface area contributed by atoms with Gasteiger partial charge in [-0.2, -0.15) is 0 Å². The topological polar surface area (TPSA) is 57.5 Å². The molecule has 4 aliphatic carbocycles. The van der Waals surface area contributed by atoms with Crippen LogP contribution in [0.2, 0.25) is 0 Å². The molecule has 9 atom stereocenters. The number of Topliss-reactive ketones (excluding diaryl/α,β-unsaturated/α-hetero) is 1. The molecule has 0 unspecified atom stereocenters. The summed E-state index contributed by atoms with van der Waals surface area (Å²) in [6.07, 6.45) is 12.2. The number of aliphatic hydroxyl groups is 2. The second kappa shape index (κ2) is 7.79. The van der Waals surface area contributed by atoms with Gasteiger partial charge in [0.05, 0.1) is 12.2 Å². The molecule has 29 heavy (non-hydrogen) atoms. The Morgan fingerprint density at radius 3 is 2.69 bits per heavy atom. The lowest BCUT2D eigenvalue weighted by Gasteiger charge is -2.59. The van der Waals surface area contributed by atoms with Crippen molar-refractivity contribution in [1.82, 2.24) is 0 Å². The van der Waals surface area contributed by atoms with Crippen molar-refractivity contribution in [2.24, 2.45) is 40.4 Å². The molecule has 0 aliphatic heterocycles. The van der Waals surface area contributed by atoms with E-state index in [0.717, 1.165) is 37.5 Å². The van der Waals surface area contributed by atoms with Crippen LogP contribution in [0.25, 0.3) is 0 Å². The molecule has 0 heterocycles. The Labute approximate surface area is 177 Å². The van der Waals surface area contributed by atoms with E-state index in [4.69, 9.17) is 0 Å². The van der Waals surface area contributed by atoms with Crippen molar-refractivity contribution >= 4 is 5.78 Å². The predicted molar refractivity (Wildman–Crippen MR) is 116 cm³/mol. The van der Waals surface area contributed by atoms with Gasteiger partial charge < -0.3 is 15.0 Å². The molecule has 0 bridgehead atoms. The van der Waals surface area contributed by atoms with Crippen LogP contribution in [0.5, 0.6) is 0 Å². The van der Waals surface area contributed by atoms with Crippen LogP contribution < -0.4 is 0 Å². The summed E-state index contributed by atoms with van der Waals surface area (Å²) in [5.41, 5.74) is 1.62. The molecule has 2 N–H and O–H groups in total. The van der Waals surface area contributed by atoms with E-state index < -0.39 is 6.10 Å². The van der Waals surface area contributed by atoms with Crippen LogP contribution in [-0.2, 0) is 4.79 Å². The summed E-state index contributed by atoms with van der Waals surface area (Å²) < 4.78 is 0. The highest BCUT2D eigenvalue weighted by Crippen LogP contribution is 2.67. The lowest BCUT2D eigenvalue weighted by Crippen LogP contribution is -2.55. The number of carbonyl (C=O) groups is 1. The number of carbonyl (C=O) groups excluding carboxylic acids is 1. The molecule has 3 fully saturated rings. The summed E-state index contributed by atoms with van der Waals surface area (Å²) in [6.45, 7) is 9.00. The lowest BCUT2D eigenvalue weighted by molar-refractivity contribution is -0.117. The normalized spacial score (nSPS) is 47.6. The first kappa shape index (κ1) is 21.6. The van der Waals surface area contributed by atoms with E-state index in [9.17, 15) is 15.0 Å². The van der Waals surface area contributed by atoms with Crippen molar-refractivity contribution in [3.8, 4) is 0 Å². The van der Waals surface area contributed by atoms with Crippen LogP contribution in [0.15, 0.2) is 11.6 Å². The van der Waals surface area contributed by atoms with Crippen LogP contribution in [0, 0.1) is 40.4 Å². The Balaban J connectivity index is 1.52. The van der Waals surface area contributed by atoms with Crippen molar-refractivity contribution in [1.29, 1.82) is 0 Å². The van der Waals surface area contributed by atoms with E-state index >= 15 is 0 Å².